The fourth-order valence-corrected chi connectivity index (χ4v) is 1.98. The average molecular weight is 299 g/mol. The molecule has 0 radical (unpaired) electrons. The van der Waals surface area contributed by atoms with E-state index < -0.39 is 11.7 Å². The quantitative estimate of drug-likeness (QED) is 0.808. The van der Waals surface area contributed by atoms with Gasteiger partial charge in [0, 0.05) is 10.7 Å². The van der Waals surface area contributed by atoms with Crippen LogP contribution in [0.4, 0.5) is 10.5 Å². The van der Waals surface area contributed by atoms with E-state index in [9.17, 15) is 4.79 Å². The van der Waals surface area contributed by atoms with E-state index >= 15 is 0 Å². The summed E-state index contributed by atoms with van der Waals surface area (Å²) in [4.78, 5) is 11.6. The first-order valence-corrected chi connectivity index (χ1v) is 7.18. The zero-order valence-electron chi connectivity index (χ0n) is 12.3. The van der Waals surface area contributed by atoms with Gasteiger partial charge in [-0.15, -0.1) is 0 Å². The molecular weight excluding hydrogens is 276 g/mol. The number of anilines is 1. The lowest BCUT2D eigenvalue weighted by Gasteiger charge is -2.19. The Morgan fingerprint density at radius 1 is 1.35 bits per heavy atom. The number of ether oxygens (including phenoxy) is 1. The van der Waals surface area contributed by atoms with E-state index in [0.717, 1.165) is 24.8 Å². The molecule has 1 aromatic carbocycles. The summed E-state index contributed by atoms with van der Waals surface area (Å²) >= 11 is 6.20. The SMILES string of the molecule is CC(C)(C)OC(=O)Nc1ccc(CCCCN)c(Cl)c1. The van der Waals surface area contributed by atoms with Crippen molar-refractivity contribution in [3.8, 4) is 0 Å². The average Bonchev–Trinajstić information content (AvgIpc) is 2.29. The van der Waals surface area contributed by atoms with Crippen molar-refractivity contribution in [2.45, 2.75) is 45.6 Å². The maximum atomic E-state index is 11.6. The first-order valence-electron chi connectivity index (χ1n) is 6.80. The van der Waals surface area contributed by atoms with Gasteiger partial charge in [0.15, 0.2) is 0 Å². The molecule has 5 heteroatoms. The van der Waals surface area contributed by atoms with Gasteiger partial charge in [0.2, 0.25) is 0 Å². The highest BCUT2D eigenvalue weighted by Crippen LogP contribution is 2.23. The first-order chi connectivity index (χ1) is 9.31. The van der Waals surface area contributed by atoms with Crippen LogP contribution in [0.1, 0.15) is 39.2 Å². The Labute approximate surface area is 125 Å². The van der Waals surface area contributed by atoms with Crippen molar-refractivity contribution in [2.24, 2.45) is 5.73 Å². The highest BCUT2D eigenvalue weighted by molar-refractivity contribution is 6.31. The Hall–Kier alpha value is -1.26. The van der Waals surface area contributed by atoms with Crippen LogP contribution < -0.4 is 11.1 Å². The number of unbranched alkanes of at least 4 members (excludes halogenated alkanes) is 1. The lowest BCUT2D eigenvalue weighted by molar-refractivity contribution is 0.0636. The topological polar surface area (TPSA) is 64.3 Å². The molecule has 0 aliphatic carbocycles. The van der Waals surface area contributed by atoms with Crippen LogP contribution in [0.25, 0.3) is 0 Å². The molecule has 0 aliphatic heterocycles. The predicted octanol–water partition coefficient (Wildman–Crippen LogP) is 3.97. The Balaban J connectivity index is 2.61. The van der Waals surface area contributed by atoms with Gasteiger partial charge in [-0.3, -0.25) is 5.32 Å². The van der Waals surface area contributed by atoms with Gasteiger partial charge in [0.05, 0.1) is 0 Å². The molecule has 0 unspecified atom stereocenters. The van der Waals surface area contributed by atoms with Gasteiger partial charge < -0.3 is 10.5 Å². The fourth-order valence-electron chi connectivity index (χ4n) is 1.71. The number of carbonyl (C=O) groups is 1. The second-order valence-electron chi connectivity index (χ2n) is 5.68. The van der Waals surface area contributed by atoms with Gasteiger partial charge in [0.1, 0.15) is 5.60 Å². The van der Waals surface area contributed by atoms with Crippen LogP contribution in [0.15, 0.2) is 18.2 Å². The molecule has 0 fully saturated rings. The minimum atomic E-state index is -0.518. The third-order valence-electron chi connectivity index (χ3n) is 2.60. The smallest absolute Gasteiger partial charge is 0.412 e. The Bertz CT molecular complexity index is 456. The molecule has 0 aliphatic rings. The molecule has 20 heavy (non-hydrogen) atoms. The van der Waals surface area contributed by atoms with Crippen LogP contribution in [0.2, 0.25) is 5.02 Å². The standard InChI is InChI=1S/C15H23ClN2O2/c1-15(2,3)20-14(19)18-12-8-7-11(13(16)10-12)6-4-5-9-17/h7-8,10H,4-6,9,17H2,1-3H3,(H,18,19). The number of carbonyl (C=O) groups excluding carboxylic acids is 1. The van der Waals surface area contributed by atoms with Crippen LogP contribution in [0.5, 0.6) is 0 Å². The predicted molar refractivity (Wildman–Crippen MR) is 83.3 cm³/mol. The summed E-state index contributed by atoms with van der Waals surface area (Å²) in [6.45, 7) is 6.15. The number of nitrogens with two attached hydrogens (primary N) is 1. The van der Waals surface area contributed by atoms with Crippen molar-refractivity contribution < 1.29 is 9.53 Å². The normalized spacial score (nSPS) is 11.2. The summed E-state index contributed by atoms with van der Waals surface area (Å²) in [5.41, 5.74) is 6.64. The Morgan fingerprint density at radius 2 is 2.05 bits per heavy atom. The summed E-state index contributed by atoms with van der Waals surface area (Å²) in [6, 6.07) is 5.49. The minimum absolute atomic E-state index is 0.482. The largest absolute Gasteiger partial charge is 0.444 e. The van der Waals surface area contributed by atoms with Crippen LogP contribution in [-0.2, 0) is 11.2 Å². The summed E-state index contributed by atoms with van der Waals surface area (Å²) in [7, 11) is 0. The van der Waals surface area contributed by atoms with Gasteiger partial charge >= 0.3 is 6.09 Å². The second kappa shape index (κ2) is 7.50. The van der Waals surface area contributed by atoms with E-state index in [4.69, 9.17) is 22.1 Å². The van der Waals surface area contributed by atoms with Crippen LogP contribution in [-0.4, -0.2) is 18.2 Å². The van der Waals surface area contributed by atoms with Crippen molar-refractivity contribution >= 4 is 23.4 Å². The fraction of sp³-hybridized carbons (Fsp3) is 0.533. The molecule has 3 N–H and O–H groups in total. The minimum Gasteiger partial charge on any atom is -0.444 e. The number of rotatable bonds is 5. The van der Waals surface area contributed by atoms with E-state index in [0.29, 0.717) is 17.3 Å². The lowest BCUT2D eigenvalue weighted by Crippen LogP contribution is -2.27. The summed E-state index contributed by atoms with van der Waals surface area (Å²) < 4.78 is 5.18. The van der Waals surface area contributed by atoms with Crippen molar-refractivity contribution in [1.82, 2.24) is 0 Å². The Morgan fingerprint density at radius 3 is 2.60 bits per heavy atom. The molecule has 0 saturated carbocycles. The van der Waals surface area contributed by atoms with Gasteiger partial charge in [-0.05, 0) is 64.3 Å². The summed E-state index contributed by atoms with van der Waals surface area (Å²) in [6.07, 6.45) is 2.40. The third-order valence-corrected chi connectivity index (χ3v) is 2.95. The molecule has 0 bridgehead atoms. The molecule has 0 atom stereocenters. The number of aryl methyl sites for hydroxylation is 1. The van der Waals surface area contributed by atoms with Gasteiger partial charge in [-0.25, -0.2) is 4.79 Å². The van der Waals surface area contributed by atoms with E-state index in [2.05, 4.69) is 5.32 Å². The number of hydrogen-bond acceptors (Lipinski definition) is 3. The summed E-state index contributed by atoms with van der Waals surface area (Å²) in [5, 5.41) is 3.32. The van der Waals surface area contributed by atoms with E-state index in [1.807, 2.05) is 32.9 Å². The van der Waals surface area contributed by atoms with E-state index in [-0.39, 0.29) is 0 Å². The molecule has 1 rings (SSSR count). The zero-order valence-corrected chi connectivity index (χ0v) is 13.1. The highest BCUT2D eigenvalue weighted by Gasteiger charge is 2.16. The molecule has 0 heterocycles. The van der Waals surface area contributed by atoms with Crippen molar-refractivity contribution in [1.29, 1.82) is 0 Å². The monoisotopic (exact) mass is 298 g/mol. The van der Waals surface area contributed by atoms with Gasteiger partial charge in [0.25, 0.3) is 0 Å². The second-order valence-corrected chi connectivity index (χ2v) is 6.09. The van der Waals surface area contributed by atoms with Crippen molar-refractivity contribution in [2.75, 3.05) is 11.9 Å². The molecule has 0 spiro atoms. The van der Waals surface area contributed by atoms with Crippen LogP contribution in [0, 0.1) is 0 Å². The third kappa shape index (κ3) is 6.26. The first kappa shape index (κ1) is 16.8. The van der Waals surface area contributed by atoms with Gasteiger partial charge in [-0.2, -0.15) is 0 Å². The van der Waals surface area contributed by atoms with E-state index in [1.54, 1.807) is 6.07 Å². The number of nitrogens with one attached hydrogen (secondary N) is 1. The molecule has 112 valence electrons. The van der Waals surface area contributed by atoms with E-state index in [1.165, 1.54) is 0 Å². The molecular formula is C15H23ClN2O2. The number of halogens is 1. The van der Waals surface area contributed by atoms with Gasteiger partial charge in [-0.1, -0.05) is 17.7 Å². The maximum absolute atomic E-state index is 11.6. The zero-order chi connectivity index (χ0) is 15.2. The number of hydrogen-bond donors (Lipinski definition) is 2. The number of amides is 1. The van der Waals surface area contributed by atoms with Crippen molar-refractivity contribution in [3.63, 3.8) is 0 Å². The molecule has 1 amide bonds. The maximum Gasteiger partial charge on any atom is 0.412 e. The molecule has 1 aromatic rings. The highest BCUT2D eigenvalue weighted by atomic mass is 35.5. The number of benzene rings is 1. The van der Waals surface area contributed by atoms with Crippen LogP contribution in [0.3, 0.4) is 0 Å². The van der Waals surface area contributed by atoms with Crippen molar-refractivity contribution in [3.05, 3.63) is 28.8 Å². The van der Waals surface area contributed by atoms with Crippen LogP contribution >= 0.6 is 11.6 Å². The molecule has 4 nitrogen and oxygen atoms in total. The molecule has 0 aromatic heterocycles. The lowest BCUT2D eigenvalue weighted by atomic mass is 10.1. The molecule has 0 saturated heterocycles. The summed E-state index contributed by atoms with van der Waals surface area (Å²) in [5.74, 6) is 0. The Kier molecular flexibility index (Phi) is 6.30.